The highest BCUT2D eigenvalue weighted by atomic mass is 32.2. The molecule has 0 aromatic heterocycles. The van der Waals surface area contributed by atoms with E-state index in [4.69, 9.17) is 4.74 Å². The first-order valence-electron chi connectivity index (χ1n) is 5.36. The Kier molecular flexibility index (Phi) is 2.96. The van der Waals surface area contributed by atoms with Gasteiger partial charge in [-0.1, -0.05) is 0 Å². The predicted molar refractivity (Wildman–Crippen MR) is 56.7 cm³/mol. The van der Waals surface area contributed by atoms with Crippen LogP contribution in [-0.4, -0.2) is 45.7 Å². The zero-order valence-electron chi connectivity index (χ0n) is 9.27. The Labute approximate surface area is 95.0 Å². The molecule has 0 aromatic rings. The summed E-state index contributed by atoms with van der Waals surface area (Å²) in [6, 6.07) is 0. The minimum absolute atomic E-state index is 0.0436. The van der Waals surface area contributed by atoms with Crippen LogP contribution in [0.3, 0.4) is 0 Å². The van der Waals surface area contributed by atoms with Gasteiger partial charge in [0.05, 0.1) is 37.7 Å². The van der Waals surface area contributed by atoms with Gasteiger partial charge in [0.15, 0.2) is 0 Å². The summed E-state index contributed by atoms with van der Waals surface area (Å²) < 4.78 is 32.7. The fourth-order valence-corrected chi connectivity index (χ4v) is 3.96. The number of methoxy groups -OCH3 is 1. The van der Waals surface area contributed by atoms with Crippen molar-refractivity contribution in [2.45, 2.75) is 25.4 Å². The highest BCUT2D eigenvalue weighted by Gasteiger charge is 2.50. The van der Waals surface area contributed by atoms with Crippen LogP contribution < -0.4 is 0 Å². The largest absolute Gasteiger partial charge is 0.469 e. The topological polar surface area (TPSA) is 73.0 Å². The van der Waals surface area contributed by atoms with E-state index < -0.39 is 9.84 Å². The van der Waals surface area contributed by atoms with Crippen LogP contribution in [0, 0.1) is 5.41 Å². The van der Waals surface area contributed by atoms with Crippen molar-refractivity contribution in [1.82, 2.24) is 0 Å². The SMILES string of the molecule is COC(=O)CC1(C2CO2)CCS(=O)(=O)CC1. The van der Waals surface area contributed by atoms with Crippen molar-refractivity contribution >= 4 is 15.8 Å². The van der Waals surface area contributed by atoms with Crippen LogP contribution in [0.5, 0.6) is 0 Å². The Bertz CT molecular complexity index is 368. The third-order valence-electron chi connectivity index (χ3n) is 3.56. The molecule has 2 aliphatic rings. The molecule has 0 radical (unpaired) electrons. The third-order valence-corrected chi connectivity index (χ3v) is 5.21. The third kappa shape index (κ3) is 2.38. The Morgan fingerprint density at radius 2 is 2.00 bits per heavy atom. The Hall–Kier alpha value is -0.620. The van der Waals surface area contributed by atoms with E-state index in [9.17, 15) is 13.2 Å². The molecule has 0 aromatic carbocycles. The molecule has 0 spiro atoms. The molecule has 2 fully saturated rings. The smallest absolute Gasteiger partial charge is 0.306 e. The van der Waals surface area contributed by atoms with E-state index in [2.05, 4.69) is 4.74 Å². The molecule has 2 aliphatic heterocycles. The number of epoxide rings is 1. The van der Waals surface area contributed by atoms with Crippen molar-refractivity contribution in [1.29, 1.82) is 0 Å². The number of sulfone groups is 1. The summed E-state index contributed by atoms with van der Waals surface area (Å²) in [7, 11) is -1.56. The van der Waals surface area contributed by atoms with E-state index in [1.165, 1.54) is 7.11 Å². The van der Waals surface area contributed by atoms with E-state index in [1.807, 2.05) is 0 Å². The molecule has 92 valence electrons. The highest BCUT2D eigenvalue weighted by molar-refractivity contribution is 7.91. The fourth-order valence-electron chi connectivity index (χ4n) is 2.32. The average molecular weight is 248 g/mol. The molecule has 2 saturated heterocycles. The number of hydrogen-bond donors (Lipinski definition) is 0. The summed E-state index contributed by atoms with van der Waals surface area (Å²) in [5, 5.41) is 0. The van der Waals surface area contributed by atoms with Gasteiger partial charge in [0, 0.05) is 5.41 Å². The Balaban J connectivity index is 2.09. The van der Waals surface area contributed by atoms with Crippen molar-refractivity contribution in [3.8, 4) is 0 Å². The lowest BCUT2D eigenvalue weighted by atomic mass is 9.76. The Morgan fingerprint density at radius 3 is 2.44 bits per heavy atom. The molecule has 0 N–H and O–H groups in total. The van der Waals surface area contributed by atoms with Crippen LogP contribution in [0.25, 0.3) is 0 Å². The molecule has 0 amide bonds. The van der Waals surface area contributed by atoms with Crippen molar-refractivity contribution in [3.63, 3.8) is 0 Å². The van der Waals surface area contributed by atoms with Crippen LogP contribution in [0.1, 0.15) is 19.3 Å². The summed E-state index contributed by atoms with van der Waals surface area (Å²) in [5.41, 5.74) is -0.307. The second-order valence-electron chi connectivity index (χ2n) is 4.59. The number of ether oxygens (including phenoxy) is 2. The maximum absolute atomic E-state index is 11.4. The lowest BCUT2D eigenvalue weighted by molar-refractivity contribution is -0.144. The van der Waals surface area contributed by atoms with Gasteiger partial charge >= 0.3 is 5.97 Å². The molecule has 16 heavy (non-hydrogen) atoms. The molecular formula is C10H16O5S. The van der Waals surface area contributed by atoms with Gasteiger partial charge in [-0.25, -0.2) is 8.42 Å². The quantitative estimate of drug-likeness (QED) is 0.525. The summed E-state index contributed by atoms with van der Waals surface area (Å²) in [6.45, 7) is 0.636. The molecule has 1 atom stereocenters. The normalized spacial score (nSPS) is 30.7. The van der Waals surface area contributed by atoms with E-state index in [1.54, 1.807) is 0 Å². The Morgan fingerprint density at radius 1 is 1.44 bits per heavy atom. The van der Waals surface area contributed by atoms with Crippen molar-refractivity contribution in [2.75, 3.05) is 25.2 Å². The van der Waals surface area contributed by atoms with Gasteiger partial charge in [0.25, 0.3) is 0 Å². The highest BCUT2D eigenvalue weighted by Crippen LogP contribution is 2.45. The van der Waals surface area contributed by atoms with Gasteiger partial charge in [-0.15, -0.1) is 0 Å². The lowest BCUT2D eigenvalue weighted by Gasteiger charge is -2.34. The molecule has 0 saturated carbocycles. The summed E-state index contributed by atoms with van der Waals surface area (Å²) in [4.78, 5) is 11.4. The standard InChI is InChI=1S/C10H16O5S/c1-14-9(11)6-10(8-7-15-8)2-4-16(12,13)5-3-10/h8H,2-7H2,1H3. The van der Waals surface area contributed by atoms with Gasteiger partial charge in [-0.3, -0.25) is 4.79 Å². The van der Waals surface area contributed by atoms with Gasteiger partial charge in [0.2, 0.25) is 0 Å². The van der Waals surface area contributed by atoms with E-state index in [-0.39, 0.29) is 35.4 Å². The summed E-state index contributed by atoms with van der Waals surface area (Å²) in [5.74, 6) is 0.0306. The minimum Gasteiger partial charge on any atom is -0.469 e. The van der Waals surface area contributed by atoms with E-state index >= 15 is 0 Å². The maximum Gasteiger partial charge on any atom is 0.306 e. The second-order valence-corrected chi connectivity index (χ2v) is 6.89. The van der Waals surface area contributed by atoms with Gasteiger partial charge in [0.1, 0.15) is 9.84 Å². The number of carbonyl (C=O) groups is 1. The molecule has 2 rings (SSSR count). The number of rotatable bonds is 3. The van der Waals surface area contributed by atoms with E-state index in [0.717, 1.165) is 0 Å². The fraction of sp³-hybridized carbons (Fsp3) is 0.900. The molecule has 6 heteroatoms. The molecule has 0 bridgehead atoms. The van der Waals surface area contributed by atoms with Crippen molar-refractivity contribution in [3.05, 3.63) is 0 Å². The lowest BCUT2D eigenvalue weighted by Crippen LogP contribution is -2.39. The van der Waals surface area contributed by atoms with Crippen LogP contribution in [0.2, 0.25) is 0 Å². The zero-order valence-corrected chi connectivity index (χ0v) is 10.1. The van der Waals surface area contributed by atoms with Crippen LogP contribution in [0.15, 0.2) is 0 Å². The van der Waals surface area contributed by atoms with Gasteiger partial charge < -0.3 is 9.47 Å². The first-order chi connectivity index (χ1) is 7.47. The molecular weight excluding hydrogens is 232 g/mol. The van der Waals surface area contributed by atoms with E-state index in [0.29, 0.717) is 19.4 Å². The number of hydrogen-bond acceptors (Lipinski definition) is 5. The summed E-state index contributed by atoms with van der Waals surface area (Å²) in [6.07, 6.45) is 1.33. The monoisotopic (exact) mass is 248 g/mol. The van der Waals surface area contributed by atoms with Gasteiger partial charge in [-0.05, 0) is 12.8 Å². The molecule has 2 heterocycles. The number of carbonyl (C=O) groups excluding carboxylic acids is 1. The first-order valence-corrected chi connectivity index (χ1v) is 7.18. The minimum atomic E-state index is -2.91. The number of esters is 1. The van der Waals surface area contributed by atoms with Gasteiger partial charge in [-0.2, -0.15) is 0 Å². The van der Waals surface area contributed by atoms with Crippen molar-refractivity contribution in [2.24, 2.45) is 5.41 Å². The predicted octanol–water partition coefficient (Wildman–Crippen LogP) is 0.143. The van der Waals surface area contributed by atoms with Crippen LogP contribution in [0.4, 0.5) is 0 Å². The zero-order chi connectivity index (χ0) is 11.8. The summed E-state index contributed by atoms with van der Waals surface area (Å²) >= 11 is 0. The second kappa shape index (κ2) is 4.00. The van der Waals surface area contributed by atoms with Crippen molar-refractivity contribution < 1.29 is 22.7 Å². The van der Waals surface area contributed by atoms with Crippen LogP contribution in [-0.2, 0) is 24.1 Å². The van der Waals surface area contributed by atoms with Crippen LogP contribution >= 0.6 is 0 Å². The molecule has 0 aliphatic carbocycles. The molecule has 1 unspecified atom stereocenters. The molecule has 5 nitrogen and oxygen atoms in total. The average Bonchev–Trinajstić information content (AvgIpc) is 3.05. The maximum atomic E-state index is 11.4. The first kappa shape index (κ1) is 11.9.